The van der Waals surface area contributed by atoms with Gasteiger partial charge < -0.3 is 4.74 Å². The number of carbonyl (C=O) groups excluding carboxylic acids is 1. The largest absolute Gasteiger partial charge is 0.497 e. The Morgan fingerprint density at radius 2 is 1.62 bits per heavy atom. The molecule has 0 N–H and O–H groups in total. The molecule has 0 saturated carbocycles. The third kappa shape index (κ3) is 5.74. The number of carbonyl (C=O) groups is 1. The maximum Gasteiger partial charge on any atom is 0.416 e. The Labute approximate surface area is 183 Å². The van der Waals surface area contributed by atoms with E-state index in [2.05, 4.69) is 21.2 Å². The summed E-state index contributed by atoms with van der Waals surface area (Å²) in [6.07, 6.45) is -0.383. The van der Waals surface area contributed by atoms with E-state index < -0.39 is 27.4 Å². The second-order valence-corrected chi connectivity index (χ2v) is 8.92. The van der Waals surface area contributed by atoms with E-state index in [0.29, 0.717) is 21.8 Å². The zero-order valence-electron chi connectivity index (χ0n) is 17.0. The molecular weight excluding hydrogens is 441 g/mol. The minimum Gasteiger partial charge on any atom is -0.497 e. The number of rotatable bonds is 3. The van der Waals surface area contributed by atoms with Crippen LogP contribution in [0.5, 0.6) is 5.75 Å². The van der Waals surface area contributed by atoms with Gasteiger partial charge in [-0.25, -0.2) is 4.21 Å². The lowest BCUT2D eigenvalue weighted by Gasteiger charge is -2.05. The molecule has 0 radical (unpaired) electrons. The minimum absolute atomic E-state index is 0.0901. The van der Waals surface area contributed by atoms with Gasteiger partial charge in [0.2, 0.25) is 0 Å². The first-order valence-corrected chi connectivity index (χ1v) is 11.1. The number of halogens is 3. The van der Waals surface area contributed by atoms with Crippen LogP contribution in [0, 0.1) is 11.8 Å². The highest BCUT2D eigenvalue weighted by Gasteiger charge is 2.29. The minimum atomic E-state index is -4.42. The number of amides is 1. The summed E-state index contributed by atoms with van der Waals surface area (Å²) < 4.78 is 59.7. The Kier molecular flexibility index (Phi) is 6.65. The van der Waals surface area contributed by atoms with Crippen molar-refractivity contribution in [3.05, 3.63) is 89.2 Å². The van der Waals surface area contributed by atoms with E-state index in [1.165, 1.54) is 44.0 Å². The number of methoxy groups -OCH3 is 1. The lowest BCUT2D eigenvalue weighted by atomic mass is 10.1. The van der Waals surface area contributed by atoms with Gasteiger partial charge in [0.25, 0.3) is 5.91 Å². The fourth-order valence-corrected chi connectivity index (χ4v) is 3.77. The van der Waals surface area contributed by atoms with Crippen LogP contribution in [0.2, 0.25) is 0 Å². The zero-order valence-corrected chi connectivity index (χ0v) is 17.8. The first-order valence-electron chi connectivity index (χ1n) is 9.13. The lowest BCUT2D eigenvalue weighted by molar-refractivity contribution is -0.137. The molecule has 2 aromatic carbocycles. The van der Waals surface area contributed by atoms with Gasteiger partial charge in [0.1, 0.15) is 5.75 Å². The van der Waals surface area contributed by atoms with Gasteiger partial charge in [-0.15, -0.1) is 0 Å². The number of benzene rings is 2. The Morgan fingerprint density at radius 1 is 1.00 bits per heavy atom. The lowest BCUT2D eigenvalue weighted by Crippen LogP contribution is -2.04. The third-order valence-electron chi connectivity index (χ3n) is 4.30. The number of aromatic nitrogens is 1. The fraction of sp³-hybridized carbons (Fsp3) is 0.130. The second kappa shape index (κ2) is 9.24. The molecule has 0 aliphatic carbocycles. The van der Waals surface area contributed by atoms with Gasteiger partial charge in [-0.05, 0) is 54.6 Å². The highest BCUT2D eigenvalue weighted by molar-refractivity contribution is 7.93. The number of hydrogen-bond acceptors (Lipinski definition) is 4. The maximum atomic E-state index is 12.9. The van der Waals surface area contributed by atoms with Gasteiger partial charge in [-0.3, -0.25) is 9.78 Å². The Bertz CT molecular complexity index is 1310. The molecule has 1 aromatic heterocycles. The van der Waals surface area contributed by atoms with Crippen LogP contribution in [0.4, 0.5) is 13.2 Å². The molecule has 9 heteroatoms. The van der Waals surface area contributed by atoms with Gasteiger partial charge in [0.05, 0.1) is 28.0 Å². The molecule has 1 heterocycles. The van der Waals surface area contributed by atoms with Crippen molar-refractivity contribution in [1.82, 2.24) is 4.98 Å². The molecule has 3 rings (SSSR count). The molecular formula is C23H17F3N2O3S. The first-order chi connectivity index (χ1) is 15.1. The molecule has 5 nitrogen and oxygen atoms in total. The van der Waals surface area contributed by atoms with Crippen LogP contribution in [0.15, 0.2) is 76.2 Å². The Morgan fingerprint density at radius 3 is 2.22 bits per heavy atom. The highest BCUT2D eigenvalue weighted by atomic mass is 32.2. The molecule has 0 aliphatic rings. The van der Waals surface area contributed by atoms with Gasteiger partial charge in [-0.1, -0.05) is 11.8 Å². The molecule has 164 valence electrons. The molecule has 0 bridgehead atoms. The normalized spacial score (nSPS) is 12.8. The monoisotopic (exact) mass is 458 g/mol. The van der Waals surface area contributed by atoms with E-state index in [4.69, 9.17) is 4.74 Å². The second-order valence-electron chi connectivity index (χ2n) is 6.66. The quantitative estimate of drug-likeness (QED) is 0.529. The molecule has 3 aromatic rings. The van der Waals surface area contributed by atoms with Gasteiger partial charge in [0.15, 0.2) is 0 Å². The molecule has 0 fully saturated rings. The van der Waals surface area contributed by atoms with E-state index in [0.717, 1.165) is 12.1 Å². The molecule has 1 amide bonds. The Hall–Kier alpha value is -3.64. The molecule has 32 heavy (non-hydrogen) atoms. The SMILES string of the molecule is COc1ccc(S(C)(=O)=NC(=O)c2cncc(C#Cc3ccc(C(F)(F)F)cc3)c2)cc1. The van der Waals surface area contributed by atoms with E-state index in [9.17, 15) is 22.2 Å². The van der Waals surface area contributed by atoms with E-state index in [1.54, 1.807) is 24.3 Å². The van der Waals surface area contributed by atoms with Crippen LogP contribution < -0.4 is 4.74 Å². The van der Waals surface area contributed by atoms with Crippen molar-refractivity contribution in [3.8, 4) is 17.6 Å². The summed E-state index contributed by atoms with van der Waals surface area (Å²) >= 11 is 0. The van der Waals surface area contributed by atoms with Crippen LogP contribution in [-0.2, 0) is 15.9 Å². The van der Waals surface area contributed by atoms with Gasteiger partial charge >= 0.3 is 6.18 Å². The van der Waals surface area contributed by atoms with Crippen LogP contribution in [0.1, 0.15) is 27.0 Å². The summed E-state index contributed by atoms with van der Waals surface area (Å²) in [6.45, 7) is 0. The molecule has 1 atom stereocenters. The molecule has 0 spiro atoms. The van der Waals surface area contributed by atoms with Gasteiger partial charge in [-0.2, -0.15) is 17.5 Å². The average Bonchev–Trinajstić information content (AvgIpc) is 2.77. The first kappa shape index (κ1) is 23.0. The van der Waals surface area contributed by atoms with Gasteiger partial charge in [0, 0.05) is 34.7 Å². The summed E-state index contributed by atoms with van der Waals surface area (Å²) in [6, 6.07) is 12.2. The number of pyridine rings is 1. The van der Waals surface area contributed by atoms with E-state index >= 15 is 0 Å². The zero-order chi connectivity index (χ0) is 23.4. The van der Waals surface area contributed by atoms with Crippen molar-refractivity contribution in [1.29, 1.82) is 0 Å². The predicted octanol–water partition coefficient (Wildman–Crippen LogP) is 4.81. The van der Waals surface area contributed by atoms with Crippen molar-refractivity contribution >= 4 is 15.6 Å². The summed E-state index contributed by atoms with van der Waals surface area (Å²) in [5.41, 5.74) is 0.0553. The number of hydrogen-bond donors (Lipinski definition) is 0. The fourth-order valence-electron chi connectivity index (χ4n) is 2.60. The summed E-state index contributed by atoms with van der Waals surface area (Å²) in [5.74, 6) is 5.33. The number of ether oxygens (including phenoxy) is 1. The van der Waals surface area contributed by atoms with Crippen molar-refractivity contribution < 1.29 is 26.9 Å². The number of alkyl halides is 3. The van der Waals surface area contributed by atoms with Crippen molar-refractivity contribution in [2.75, 3.05) is 13.4 Å². The van der Waals surface area contributed by atoms with Crippen molar-refractivity contribution in [2.45, 2.75) is 11.1 Å². The van der Waals surface area contributed by atoms with Crippen LogP contribution in [0.25, 0.3) is 0 Å². The smallest absolute Gasteiger partial charge is 0.416 e. The van der Waals surface area contributed by atoms with Crippen LogP contribution in [-0.4, -0.2) is 28.5 Å². The third-order valence-corrected chi connectivity index (χ3v) is 5.96. The molecule has 0 saturated heterocycles. The predicted molar refractivity (Wildman–Crippen MR) is 114 cm³/mol. The number of nitrogens with zero attached hydrogens (tertiary/aromatic N) is 2. The van der Waals surface area contributed by atoms with Crippen LogP contribution in [0.3, 0.4) is 0 Å². The average molecular weight is 458 g/mol. The standard InChI is InChI=1S/C23H17F3N2O3S/c1-31-20-9-11-21(12-10-20)32(2,30)28-22(29)18-13-17(14-27-15-18)4-3-16-5-7-19(8-6-16)23(24,25)26/h5-15H,1-2H3. The highest BCUT2D eigenvalue weighted by Crippen LogP contribution is 2.29. The maximum absolute atomic E-state index is 12.9. The molecule has 1 unspecified atom stereocenters. The van der Waals surface area contributed by atoms with Crippen LogP contribution >= 0.6 is 0 Å². The van der Waals surface area contributed by atoms with Crippen molar-refractivity contribution in [3.63, 3.8) is 0 Å². The summed E-state index contributed by atoms with van der Waals surface area (Å²) in [5, 5.41) is 0. The van der Waals surface area contributed by atoms with E-state index in [-0.39, 0.29) is 5.56 Å². The van der Waals surface area contributed by atoms with Crippen molar-refractivity contribution in [2.24, 2.45) is 4.36 Å². The van der Waals surface area contributed by atoms with E-state index in [1.807, 2.05) is 0 Å². The summed E-state index contributed by atoms with van der Waals surface area (Å²) in [4.78, 5) is 16.9. The molecule has 0 aliphatic heterocycles. The summed E-state index contributed by atoms with van der Waals surface area (Å²) in [7, 11) is -1.50. The Balaban J connectivity index is 1.83. The topological polar surface area (TPSA) is 68.6 Å².